The molecule has 0 aliphatic carbocycles. The van der Waals surface area contributed by atoms with Gasteiger partial charge in [0.1, 0.15) is 5.69 Å². The Morgan fingerprint density at radius 1 is 1.25 bits per heavy atom. The first-order valence-corrected chi connectivity index (χ1v) is 7.55. The first-order valence-electron chi connectivity index (χ1n) is 7.17. The number of rotatable bonds is 2. The maximum Gasteiger partial charge on any atom is 0.257 e. The Bertz CT molecular complexity index is 1130. The maximum absolute atomic E-state index is 12.4. The molecule has 7 heteroatoms. The van der Waals surface area contributed by atoms with Crippen LogP contribution in [0.4, 0.5) is 5.69 Å². The minimum Gasteiger partial charge on any atom is -0.366 e. The molecule has 0 bridgehead atoms. The fourth-order valence-corrected chi connectivity index (χ4v) is 2.88. The number of amides is 1. The third-order valence-corrected chi connectivity index (χ3v) is 4.09. The summed E-state index contributed by atoms with van der Waals surface area (Å²) in [7, 11) is 0. The molecule has 4 rings (SSSR count). The molecule has 0 aliphatic heterocycles. The first-order chi connectivity index (χ1) is 11.6. The Morgan fingerprint density at radius 3 is 2.92 bits per heavy atom. The van der Waals surface area contributed by atoms with E-state index >= 15 is 0 Å². The molecule has 6 nitrogen and oxygen atoms in total. The summed E-state index contributed by atoms with van der Waals surface area (Å²) in [4.78, 5) is 34.9. The molecule has 0 radical (unpaired) electrons. The van der Waals surface area contributed by atoms with Crippen molar-refractivity contribution in [1.82, 2.24) is 15.0 Å². The van der Waals surface area contributed by atoms with E-state index < -0.39 is 11.3 Å². The van der Waals surface area contributed by atoms with E-state index in [9.17, 15) is 9.59 Å². The molecule has 3 aromatic heterocycles. The van der Waals surface area contributed by atoms with Crippen LogP contribution < -0.4 is 10.7 Å². The van der Waals surface area contributed by atoms with Gasteiger partial charge >= 0.3 is 0 Å². The SMILES string of the molecule is O=C(Nc1c(=O)c(Cl)cc2c1[nH]c1c[nH]ccc12)c1cccnc1. The van der Waals surface area contributed by atoms with E-state index in [4.69, 9.17) is 11.6 Å². The highest BCUT2D eigenvalue weighted by Gasteiger charge is 2.17. The van der Waals surface area contributed by atoms with Crippen molar-refractivity contribution < 1.29 is 4.79 Å². The molecule has 1 aromatic carbocycles. The van der Waals surface area contributed by atoms with Crippen molar-refractivity contribution in [2.24, 2.45) is 0 Å². The number of halogens is 1. The van der Waals surface area contributed by atoms with E-state index in [-0.39, 0.29) is 10.7 Å². The van der Waals surface area contributed by atoms with Crippen LogP contribution in [-0.2, 0) is 0 Å². The quantitative estimate of drug-likeness (QED) is 0.523. The molecule has 0 saturated heterocycles. The van der Waals surface area contributed by atoms with E-state index in [0.29, 0.717) is 11.1 Å². The number of nitrogens with one attached hydrogen (secondary N) is 3. The highest BCUT2D eigenvalue weighted by Crippen LogP contribution is 2.30. The largest absolute Gasteiger partial charge is 0.366 e. The number of benzene rings is 1. The minimum absolute atomic E-state index is 0.0534. The predicted octanol–water partition coefficient (Wildman–Crippen LogP) is 3.31. The second kappa shape index (κ2) is 5.50. The number of pyridine rings is 2. The highest BCUT2D eigenvalue weighted by atomic mass is 35.5. The Balaban J connectivity index is 1.92. The van der Waals surface area contributed by atoms with Crippen LogP contribution in [0.15, 0.2) is 53.8 Å². The summed E-state index contributed by atoms with van der Waals surface area (Å²) in [6.07, 6.45) is 6.56. The number of carbonyl (C=O) groups is 1. The van der Waals surface area contributed by atoms with Gasteiger partial charge in [0, 0.05) is 35.6 Å². The predicted molar refractivity (Wildman–Crippen MR) is 93.6 cm³/mol. The smallest absolute Gasteiger partial charge is 0.257 e. The Kier molecular flexibility index (Phi) is 3.32. The van der Waals surface area contributed by atoms with Gasteiger partial charge in [-0.15, -0.1) is 0 Å². The number of aromatic nitrogens is 3. The molecule has 24 heavy (non-hydrogen) atoms. The summed E-state index contributed by atoms with van der Waals surface area (Å²) in [5.74, 6) is -0.422. The molecule has 3 N–H and O–H groups in total. The summed E-state index contributed by atoms with van der Waals surface area (Å²) in [5.41, 5.74) is 1.40. The average Bonchev–Trinajstić information content (AvgIpc) is 2.98. The Labute approximate surface area is 140 Å². The van der Waals surface area contributed by atoms with Gasteiger partial charge in [-0.25, -0.2) is 0 Å². The molecule has 0 aliphatic rings. The zero-order chi connectivity index (χ0) is 16.7. The van der Waals surface area contributed by atoms with Gasteiger partial charge in [-0.2, -0.15) is 0 Å². The number of hydrogen-bond donors (Lipinski definition) is 3. The van der Waals surface area contributed by atoms with Crippen molar-refractivity contribution in [3.05, 3.63) is 69.9 Å². The summed E-state index contributed by atoms with van der Waals surface area (Å²) >= 11 is 6.08. The summed E-state index contributed by atoms with van der Waals surface area (Å²) in [5, 5.41) is 4.38. The normalized spacial score (nSPS) is 11.0. The number of hydrogen-bond acceptors (Lipinski definition) is 3. The third-order valence-electron chi connectivity index (χ3n) is 3.81. The molecule has 0 fully saturated rings. The van der Waals surface area contributed by atoms with Crippen molar-refractivity contribution in [1.29, 1.82) is 0 Å². The number of anilines is 1. The lowest BCUT2D eigenvalue weighted by atomic mass is 10.1. The zero-order valence-corrected chi connectivity index (χ0v) is 13.0. The summed E-state index contributed by atoms with van der Waals surface area (Å²) < 4.78 is 0. The first kappa shape index (κ1) is 14.5. The van der Waals surface area contributed by atoms with E-state index in [1.165, 1.54) is 6.20 Å². The standard InChI is InChI=1S/C17H11ClN4O2/c18-12-6-11-10-3-5-20-8-13(10)21-14(11)15(16(12)23)22-17(24)9-2-1-4-19-7-9/h1-8,20-21H,(H,22,24). The van der Waals surface area contributed by atoms with Crippen molar-refractivity contribution in [2.75, 3.05) is 5.32 Å². The van der Waals surface area contributed by atoms with E-state index in [1.54, 1.807) is 36.8 Å². The van der Waals surface area contributed by atoms with Crippen molar-refractivity contribution in [2.45, 2.75) is 0 Å². The Morgan fingerprint density at radius 2 is 2.12 bits per heavy atom. The molecule has 4 aromatic rings. The third kappa shape index (κ3) is 2.24. The molecule has 0 spiro atoms. The van der Waals surface area contributed by atoms with Crippen LogP contribution in [0.25, 0.3) is 21.8 Å². The van der Waals surface area contributed by atoms with Gasteiger partial charge in [0.05, 0.1) is 21.6 Å². The second-order valence-electron chi connectivity index (χ2n) is 5.28. The van der Waals surface area contributed by atoms with Gasteiger partial charge in [-0.1, -0.05) is 11.6 Å². The lowest BCUT2D eigenvalue weighted by Gasteiger charge is -2.06. The van der Waals surface area contributed by atoms with Crippen LogP contribution in [-0.4, -0.2) is 20.9 Å². The lowest BCUT2D eigenvalue weighted by molar-refractivity contribution is 0.102. The van der Waals surface area contributed by atoms with E-state index in [0.717, 1.165) is 16.3 Å². The van der Waals surface area contributed by atoms with Crippen LogP contribution in [0.5, 0.6) is 0 Å². The van der Waals surface area contributed by atoms with Gasteiger partial charge in [0.25, 0.3) is 5.91 Å². The summed E-state index contributed by atoms with van der Waals surface area (Å²) in [6, 6.07) is 6.76. The highest BCUT2D eigenvalue weighted by molar-refractivity contribution is 6.32. The van der Waals surface area contributed by atoms with Gasteiger partial charge in [-0.05, 0) is 24.3 Å². The average molecular weight is 339 g/mol. The summed E-state index contributed by atoms with van der Waals surface area (Å²) in [6.45, 7) is 0. The van der Waals surface area contributed by atoms with Gasteiger partial charge < -0.3 is 15.3 Å². The molecule has 1 amide bonds. The van der Waals surface area contributed by atoms with Crippen molar-refractivity contribution in [3.8, 4) is 0 Å². The van der Waals surface area contributed by atoms with Crippen LogP contribution in [0.1, 0.15) is 10.4 Å². The number of H-pyrrole nitrogens is 2. The molecular weight excluding hydrogens is 328 g/mol. The molecule has 0 unspecified atom stereocenters. The van der Waals surface area contributed by atoms with Crippen molar-refractivity contribution >= 4 is 45.0 Å². The topological polar surface area (TPSA) is 90.6 Å². The molecule has 0 saturated carbocycles. The zero-order valence-electron chi connectivity index (χ0n) is 12.3. The van der Waals surface area contributed by atoms with Crippen LogP contribution in [0.3, 0.4) is 0 Å². The van der Waals surface area contributed by atoms with Crippen LogP contribution >= 0.6 is 11.6 Å². The molecule has 118 valence electrons. The fraction of sp³-hybridized carbons (Fsp3) is 0. The molecule has 0 atom stereocenters. The van der Waals surface area contributed by atoms with Gasteiger partial charge in [0.2, 0.25) is 5.43 Å². The lowest BCUT2D eigenvalue weighted by Crippen LogP contribution is -2.19. The fourth-order valence-electron chi connectivity index (χ4n) is 2.68. The molecular formula is C17H11ClN4O2. The Hall–Kier alpha value is -3.12. The number of nitrogens with zero attached hydrogens (tertiary/aromatic N) is 1. The monoisotopic (exact) mass is 338 g/mol. The maximum atomic E-state index is 12.4. The minimum atomic E-state index is -0.433. The van der Waals surface area contributed by atoms with Crippen LogP contribution in [0, 0.1) is 0 Å². The van der Waals surface area contributed by atoms with Crippen LogP contribution in [0.2, 0.25) is 5.02 Å². The molecule has 3 heterocycles. The number of aromatic amines is 2. The van der Waals surface area contributed by atoms with Gasteiger partial charge in [-0.3, -0.25) is 14.6 Å². The number of fused-ring (bicyclic) bond motifs is 3. The number of carbonyl (C=O) groups excluding carboxylic acids is 1. The van der Waals surface area contributed by atoms with Crippen molar-refractivity contribution in [3.63, 3.8) is 0 Å². The van der Waals surface area contributed by atoms with E-state index in [2.05, 4.69) is 20.3 Å². The van der Waals surface area contributed by atoms with Gasteiger partial charge in [0.15, 0.2) is 0 Å². The van der Waals surface area contributed by atoms with E-state index in [1.807, 2.05) is 6.07 Å². The second-order valence-corrected chi connectivity index (χ2v) is 5.68.